The van der Waals surface area contributed by atoms with E-state index in [4.69, 9.17) is 0 Å². The van der Waals surface area contributed by atoms with E-state index in [1.807, 2.05) is 6.07 Å². The van der Waals surface area contributed by atoms with Crippen molar-refractivity contribution in [1.82, 2.24) is 14.5 Å². The third-order valence-corrected chi connectivity index (χ3v) is 7.35. The Balaban J connectivity index is 1.81. The molecule has 10 heteroatoms. The number of hydrogen-bond donors (Lipinski definition) is 2. The number of nitrogens with one attached hydrogen (secondary N) is 2. The molecule has 1 aliphatic heterocycles. The van der Waals surface area contributed by atoms with Gasteiger partial charge >= 0.3 is 6.03 Å². The molecule has 2 aromatic carbocycles. The van der Waals surface area contributed by atoms with E-state index >= 15 is 0 Å². The lowest BCUT2D eigenvalue weighted by Crippen LogP contribution is -2.44. The SMILES string of the molecule is CC[C@]1(c2ccccc2)NC(=O)N(CC(=O)Nc2cc(S(=O)(=O)N(C)C)ccc2C)C1=O. The Labute approximate surface area is 187 Å². The first kappa shape index (κ1) is 23.4. The molecule has 1 aliphatic rings. The van der Waals surface area contributed by atoms with E-state index in [0.717, 1.165) is 9.21 Å². The lowest BCUT2D eigenvalue weighted by Gasteiger charge is -2.25. The number of amides is 4. The number of carbonyl (C=O) groups excluding carboxylic acids is 3. The van der Waals surface area contributed by atoms with Crippen LogP contribution in [0, 0.1) is 6.92 Å². The first-order chi connectivity index (χ1) is 15.0. The van der Waals surface area contributed by atoms with Crippen LogP contribution in [0.1, 0.15) is 24.5 Å². The lowest BCUT2D eigenvalue weighted by atomic mass is 9.87. The van der Waals surface area contributed by atoms with Gasteiger partial charge in [-0.05, 0) is 36.6 Å². The molecule has 1 saturated heterocycles. The predicted molar refractivity (Wildman–Crippen MR) is 119 cm³/mol. The summed E-state index contributed by atoms with van der Waals surface area (Å²) in [5.74, 6) is -1.12. The average Bonchev–Trinajstić information content (AvgIpc) is 3.00. The van der Waals surface area contributed by atoms with Crippen LogP contribution in [0.3, 0.4) is 0 Å². The van der Waals surface area contributed by atoms with Crippen molar-refractivity contribution in [2.45, 2.75) is 30.7 Å². The Kier molecular flexibility index (Phi) is 6.38. The fourth-order valence-corrected chi connectivity index (χ4v) is 4.50. The molecule has 3 rings (SSSR count). The third-order valence-electron chi connectivity index (χ3n) is 5.54. The molecule has 32 heavy (non-hydrogen) atoms. The summed E-state index contributed by atoms with van der Waals surface area (Å²) in [6.07, 6.45) is 0.323. The number of anilines is 1. The van der Waals surface area contributed by atoms with Gasteiger partial charge in [-0.25, -0.2) is 17.5 Å². The summed E-state index contributed by atoms with van der Waals surface area (Å²) in [7, 11) is -0.859. The van der Waals surface area contributed by atoms with Gasteiger partial charge in [0.05, 0.1) is 4.90 Å². The molecule has 1 heterocycles. The molecule has 1 fully saturated rings. The second kappa shape index (κ2) is 8.71. The molecular formula is C22H26N4O5S. The van der Waals surface area contributed by atoms with Crippen molar-refractivity contribution in [2.75, 3.05) is 26.0 Å². The van der Waals surface area contributed by atoms with Crippen molar-refractivity contribution in [1.29, 1.82) is 0 Å². The van der Waals surface area contributed by atoms with Crippen molar-refractivity contribution in [3.8, 4) is 0 Å². The maximum atomic E-state index is 13.2. The van der Waals surface area contributed by atoms with E-state index in [1.54, 1.807) is 44.2 Å². The van der Waals surface area contributed by atoms with Crippen LogP contribution in [0.5, 0.6) is 0 Å². The summed E-state index contributed by atoms with van der Waals surface area (Å²) in [6.45, 7) is 3.01. The average molecular weight is 459 g/mol. The van der Waals surface area contributed by atoms with E-state index in [9.17, 15) is 22.8 Å². The summed E-state index contributed by atoms with van der Waals surface area (Å²) in [5.41, 5.74) is 0.338. The van der Waals surface area contributed by atoms with Crippen LogP contribution in [0.2, 0.25) is 0 Å². The number of imide groups is 1. The monoisotopic (exact) mass is 458 g/mol. The molecule has 1 atom stereocenters. The molecule has 0 unspecified atom stereocenters. The van der Waals surface area contributed by atoms with Gasteiger partial charge in [0.15, 0.2) is 0 Å². The summed E-state index contributed by atoms with van der Waals surface area (Å²) < 4.78 is 25.9. The highest BCUT2D eigenvalue weighted by Crippen LogP contribution is 2.32. The van der Waals surface area contributed by atoms with Gasteiger partial charge in [-0.3, -0.25) is 14.5 Å². The predicted octanol–water partition coefficient (Wildman–Crippen LogP) is 2.04. The molecule has 9 nitrogen and oxygen atoms in total. The fraction of sp³-hybridized carbons (Fsp3) is 0.318. The van der Waals surface area contributed by atoms with E-state index in [-0.39, 0.29) is 10.6 Å². The highest BCUT2D eigenvalue weighted by molar-refractivity contribution is 7.89. The van der Waals surface area contributed by atoms with Crippen molar-refractivity contribution in [2.24, 2.45) is 0 Å². The van der Waals surface area contributed by atoms with E-state index in [2.05, 4.69) is 10.6 Å². The van der Waals surface area contributed by atoms with Crippen LogP contribution >= 0.6 is 0 Å². The lowest BCUT2D eigenvalue weighted by molar-refractivity contribution is -0.134. The van der Waals surface area contributed by atoms with E-state index in [0.29, 0.717) is 17.5 Å². The third kappa shape index (κ3) is 4.11. The zero-order valence-corrected chi connectivity index (χ0v) is 19.2. The molecule has 0 radical (unpaired) electrons. The molecule has 0 spiro atoms. The van der Waals surface area contributed by atoms with Crippen LogP contribution in [-0.2, 0) is 25.2 Å². The highest BCUT2D eigenvalue weighted by Gasteiger charge is 2.51. The molecular weight excluding hydrogens is 432 g/mol. The van der Waals surface area contributed by atoms with Crippen molar-refractivity contribution in [3.63, 3.8) is 0 Å². The van der Waals surface area contributed by atoms with Crippen LogP contribution in [0.4, 0.5) is 10.5 Å². The molecule has 170 valence electrons. The second-order valence-corrected chi connectivity index (χ2v) is 9.91. The number of aryl methyl sites for hydroxylation is 1. The maximum Gasteiger partial charge on any atom is 0.325 e. The summed E-state index contributed by atoms with van der Waals surface area (Å²) >= 11 is 0. The van der Waals surface area contributed by atoms with Gasteiger partial charge < -0.3 is 10.6 Å². The van der Waals surface area contributed by atoms with Gasteiger partial charge in [0, 0.05) is 19.8 Å². The number of sulfonamides is 1. The number of hydrogen-bond acceptors (Lipinski definition) is 5. The number of urea groups is 1. The Bertz CT molecular complexity index is 1160. The minimum atomic E-state index is -3.69. The Hall–Kier alpha value is -3.24. The molecule has 2 N–H and O–H groups in total. The molecule has 4 amide bonds. The Morgan fingerprint density at radius 2 is 1.78 bits per heavy atom. The number of benzene rings is 2. The standard InChI is InChI=1S/C22H26N4O5S/c1-5-22(16-9-7-6-8-10-16)20(28)26(21(29)24-22)14-19(27)23-18-13-17(12-11-15(18)2)32(30,31)25(3)4/h6-13H,5,14H2,1-4H3,(H,23,27)(H,24,29)/t22-/m1/s1. The summed E-state index contributed by atoms with van der Waals surface area (Å²) in [6, 6.07) is 12.6. The summed E-state index contributed by atoms with van der Waals surface area (Å²) in [4.78, 5) is 39.3. The summed E-state index contributed by atoms with van der Waals surface area (Å²) in [5, 5.41) is 5.35. The number of carbonyl (C=O) groups is 3. The van der Waals surface area contributed by atoms with Crippen molar-refractivity contribution in [3.05, 3.63) is 59.7 Å². The Morgan fingerprint density at radius 1 is 1.12 bits per heavy atom. The minimum absolute atomic E-state index is 0.0208. The number of nitrogens with zero attached hydrogens (tertiary/aromatic N) is 2. The van der Waals surface area contributed by atoms with Crippen molar-refractivity contribution >= 4 is 33.6 Å². The second-order valence-electron chi connectivity index (χ2n) is 7.76. The normalized spacial score (nSPS) is 18.7. The number of rotatable bonds is 7. The fourth-order valence-electron chi connectivity index (χ4n) is 3.57. The smallest absolute Gasteiger partial charge is 0.324 e. The van der Waals surface area contributed by atoms with Crippen LogP contribution in [0.25, 0.3) is 0 Å². The van der Waals surface area contributed by atoms with Crippen molar-refractivity contribution < 1.29 is 22.8 Å². The molecule has 0 aliphatic carbocycles. The quantitative estimate of drug-likeness (QED) is 0.616. The van der Waals surface area contributed by atoms with E-state index in [1.165, 1.54) is 26.2 Å². The van der Waals surface area contributed by atoms with Crippen LogP contribution in [0.15, 0.2) is 53.4 Å². The molecule has 0 aromatic heterocycles. The van der Waals surface area contributed by atoms with Gasteiger partial charge in [-0.15, -0.1) is 0 Å². The van der Waals surface area contributed by atoms with Crippen LogP contribution in [-0.4, -0.2) is 56.1 Å². The van der Waals surface area contributed by atoms with Gasteiger partial charge in [-0.1, -0.05) is 43.3 Å². The molecule has 2 aromatic rings. The maximum absolute atomic E-state index is 13.2. The van der Waals surface area contributed by atoms with Gasteiger partial charge in [0.1, 0.15) is 12.1 Å². The molecule has 0 saturated carbocycles. The first-order valence-corrected chi connectivity index (χ1v) is 11.5. The van der Waals surface area contributed by atoms with Gasteiger partial charge in [0.25, 0.3) is 5.91 Å². The van der Waals surface area contributed by atoms with E-state index < -0.39 is 40.0 Å². The Morgan fingerprint density at radius 3 is 2.38 bits per heavy atom. The van der Waals surface area contributed by atoms with Crippen LogP contribution < -0.4 is 10.6 Å². The van der Waals surface area contributed by atoms with Gasteiger partial charge in [-0.2, -0.15) is 0 Å². The zero-order chi connectivity index (χ0) is 23.7. The largest absolute Gasteiger partial charge is 0.325 e. The minimum Gasteiger partial charge on any atom is -0.324 e. The topological polar surface area (TPSA) is 116 Å². The first-order valence-electron chi connectivity index (χ1n) is 10.1. The molecule has 0 bridgehead atoms. The van der Waals surface area contributed by atoms with Gasteiger partial charge in [0.2, 0.25) is 15.9 Å². The highest BCUT2D eigenvalue weighted by atomic mass is 32.2. The zero-order valence-electron chi connectivity index (χ0n) is 18.4.